The van der Waals surface area contributed by atoms with E-state index in [1.807, 2.05) is 24.3 Å². The number of rotatable bonds is 7. The van der Waals surface area contributed by atoms with E-state index >= 15 is 0 Å². The molecule has 2 aromatic heterocycles. The molecule has 4 atom stereocenters. The number of methoxy groups -OCH3 is 1. The topological polar surface area (TPSA) is 138 Å². The monoisotopic (exact) mass is 520 g/mol. The van der Waals surface area contributed by atoms with Gasteiger partial charge in [0.1, 0.15) is 29.8 Å². The molecule has 0 amide bonds. The van der Waals surface area contributed by atoms with Crippen LogP contribution in [0.5, 0.6) is 11.6 Å². The predicted molar refractivity (Wildman–Crippen MR) is 135 cm³/mol. The lowest BCUT2D eigenvalue weighted by Crippen LogP contribution is -2.36. The van der Waals surface area contributed by atoms with Gasteiger partial charge in [0, 0.05) is 5.39 Å². The number of hydrogen-bond acceptors (Lipinski definition) is 10. The highest BCUT2D eigenvalue weighted by atomic mass is 16.8. The smallest absolute Gasteiger partial charge is 0.221 e. The molecule has 198 valence electrons. The van der Waals surface area contributed by atoms with Gasteiger partial charge < -0.3 is 33.7 Å². The van der Waals surface area contributed by atoms with Crippen LogP contribution in [0.25, 0.3) is 10.9 Å². The molecule has 38 heavy (non-hydrogen) atoms. The van der Waals surface area contributed by atoms with Gasteiger partial charge in [0.2, 0.25) is 5.88 Å². The lowest BCUT2D eigenvalue weighted by molar-refractivity contribution is -0.216. The maximum absolute atomic E-state index is 11.1. The summed E-state index contributed by atoms with van der Waals surface area (Å²) >= 11 is 0. The van der Waals surface area contributed by atoms with Crippen molar-refractivity contribution in [2.75, 3.05) is 7.11 Å². The third-order valence-electron chi connectivity index (χ3n) is 6.64. The number of ether oxygens (including phenoxy) is 4. The zero-order valence-corrected chi connectivity index (χ0v) is 21.1. The number of aliphatic hydroxyl groups is 1. The zero-order valence-electron chi connectivity index (χ0n) is 21.1. The normalized spacial score (nSPS) is 24.4. The van der Waals surface area contributed by atoms with E-state index in [0.29, 0.717) is 17.1 Å². The number of para-hydroxylation sites is 1. The second-order valence-electron chi connectivity index (χ2n) is 9.74. The van der Waals surface area contributed by atoms with Gasteiger partial charge in [0.05, 0.1) is 37.6 Å². The molecule has 0 bridgehead atoms. The van der Waals surface area contributed by atoms with Crippen molar-refractivity contribution in [1.82, 2.24) is 19.6 Å². The first-order valence-electron chi connectivity index (χ1n) is 12.3. The second-order valence-corrected chi connectivity index (χ2v) is 9.74. The fourth-order valence-corrected chi connectivity index (χ4v) is 4.84. The van der Waals surface area contributed by atoms with Crippen LogP contribution in [0.15, 0.2) is 65.0 Å². The van der Waals surface area contributed by atoms with Crippen LogP contribution in [-0.2, 0) is 27.3 Å². The molecule has 2 aromatic carbocycles. The molecule has 0 saturated carbocycles. The lowest BCUT2D eigenvalue weighted by Gasteiger charge is -2.22. The van der Waals surface area contributed by atoms with Crippen molar-refractivity contribution in [1.29, 1.82) is 0 Å². The van der Waals surface area contributed by atoms with Gasteiger partial charge >= 0.3 is 0 Å². The molecule has 0 aliphatic carbocycles. The highest BCUT2D eigenvalue weighted by molar-refractivity contribution is 5.95. The number of aromatic hydroxyl groups is 1. The van der Waals surface area contributed by atoms with Crippen molar-refractivity contribution >= 4 is 22.3 Å². The van der Waals surface area contributed by atoms with Crippen LogP contribution in [0.4, 0.5) is 11.4 Å². The van der Waals surface area contributed by atoms with E-state index in [2.05, 4.69) is 20.5 Å². The number of azo groups is 1. The van der Waals surface area contributed by atoms with E-state index in [1.54, 1.807) is 60.7 Å². The van der Waals surface area contributed by atoms with E-state index in [-0.39, 0.29) is 19.0 Å². The van der Waals surface area contributed by atoms with Crippen molar-refractivity contribution in [3.63, 3.8) is 0 Å². The highest BCUT2D eigenvalue weighted by Gasteiger charge is 2.54. The zero-order chi connectivity index (χ0) is 26.4. The van der Waals surface area contributed by atoms with Crippen LogP contribution in [0.1, 0.15) is 19.5 Å². The highest BCUT2D eigenvalue weighted by Crippen LogP contribution is 2.40. The average Bonchev–Trinajstić information content (AvgIpc) is 3.62. The van der Waals surface area contributed by atoms with E-state index in [4.69, 9.17) is 18.9 Å². The van der Waals surface area contributed by atoms with Gasteiger partial charge in [-0.2, -0.15) is 5.11 Å². The Morgan fingerprint density at radius 2 is 1.87 bits per heavy atom. The molecule has 4 heterocycles. The first-order valence-corrected chi connectivity index (χ1v) is 12.3. The summed E-state index contributed by atoms with van der Waals surface area (Å²) < 4.78 is 25.8. The maximum atomic E-state index is 11.1. The van der Waals surface area contributed by atoms with Crippen LogP contribution in [0, 0.1) is 0 Å². The number of aliphatic hydroxyl groups excluding tert-OH is 1. The Hall–Kier alpha value is -3.84. The molecule has 0 radical (unpaired) electrons. The molecule has 0 unspecified atom stereocenters. The van der Waals surface area contributed by atoms with Gasteiger partial charge in [-0.25, -0.2) is 4.68 Å². The molecule has 12 nitrogen and oxygen atoms in total. The molecular formula is C26H28N6O6. The fraction of sp³-hybridized carbons (Fsp3) is 0.385. The Morgan fingerprint density at radius 1 is 1.08 bits per heavy atom. The van der Waals surface area contributed by atoms with Gasteiger partial charge in [-0.3, -0.25) is 0 Å². The second kappa shape index (κ2) is 9.48. The van der Waals surface area contributed by atoms with E-state index in [1.165, 1.54) is 0 Å². The molecule has 2 fully saturated rings. The molecule has 4 aromatic rings. The summed E-state index contributed by atoms with van der Waals surface area (Å²) in [5.41, 5.74) is 2.38. The summed E-state index contributed by atoms with van der Waals surface area (Å²) in [6, 6.07) is 14.7. The largest absolute Gasteiger partial charge is 0.497 e. The number of aromatic nitrogens is 4. The molecule has 2 saturated heterocycles. The van der Waals surface area contributed by atoms with Crippen LogP contribution in [0.3, 0.4) is 0 Å². The molecule has 6 rings (SSSR count). The Bertz CT molecular complexity index is 1480. The van der Waals surface area contributed by atoms with Gasteiger partial charge in [-0.1, -0.05) is 23.4 Å². The van der Waals surface area contributed by atoms with Crippen LogP contribution >= 0.6 is 0 Å². The molecule has 2 aliphatic heterocycles. The van der Waals surface area contributed by atoms with Crippen LogP contribution in [-0.4, -0.2) is 67.3 Å². The van der Waals surface area contributed by atoms with E-state index in [9.17, 15) is 10.2 Å². The Balaban J connectivity index is 1.20. The Morgan fingerprint density at radius 3 is 2.63 bits per heavy atom. The summed E-state index contributed by atoms with van der Waals surface area (Å²) in [5, 5.41) is 39.6. The quantitative estimate of drug-likeness (QED) is 0.352. The van der Waals surface area contributed by atoms with Crippen LogP contribution in [0.2, 0.25) is 0 Å². The Kier molecular flexibility index (Phi) is 6.11. The van der Waals surface area contributed by atoms with E-state index in [0.717, 1.165) is 16.7 Å². The summed E-state index contributed by atoms with van der Waals surface area (Å²) in [4.78, 5) is 0. The predicted octanol–water partition coefficient (Wildman–Crippen LogP) is 3.65. The summed E-state index contributed by atoms with van der Waals surface area (Å²) in [6.45, 7) is 4.09. The van der Waals surface area contributed by atoms with E-state index < -0.39 is 30.4 Å². The minimum Gasteiger partial charge on any atom is -0.497 e. The van der Waals surface area contributed by atoms with Crippen LogP contribution < -0.4 is 4.74 Å². The number of fused-ring (bicyclic) bond motifs is 2. The van der Waals surface area contributed by atoms with Crippen molar-refractivity contribution in [2.24, 2.45) is 10.2 Å². The Labute approximate surface area is 218 Å². The van der Waals surface area contributed by atoms with Gasteiger partial charge in [0.15, 0.2) is 17.8 Å². The molecule has 0 spiro atoms. The van der Waals surface area contributed by atoms with Gasteiger partial charge in [-0.15, -0.1) is 10.2 Å². The van der Waals surface area contributed by atoms with Gasteiger partial charge in [-0.05, 0) is 44.2 Å². The molecule has 12 heteroatoms. The molecular weight excluding hydrogens is 492 g/mol. The van der Waals surface area contributed by atoms with Crippen molar-refractivity contribution in [3.05, 3.63) is 60.4 Å². The SMILES string of the molecule is COc1ccc(N=Nc2c(O)n(Cc3cn(C[C@H]4O[C@@H]5OC(C)(C)O[C@@H]5[C@H]4O)nn3)c3ccccc23)cc1. The van der Waals surface area contributed by atoms with Crippen molar-refractivity contribution < 1.29 is 29.2 Å². The fourth-order valence-electron chi connectivity index (χ4n) is 4.84. The number of nitrogens with zero attached hydrogens (tertiary/aromatic N) is 6. The third-order valence-corrected chi connectivity index (χ3v) is 6.64. The number of hydrogen-bond donors (Lipinski definition) is 2. The number of benzene rings is 2. The van der Waals surface area contributed by atoms with Crippen molar-refractivity contribution in [3.8, 4) is 11.6 Å². The van der Waals surface area contributed by atoms with Crippen molar-refractivity contribution in [2.45, 2.75) is 57.3 Å². The summed E-state index contributed by atoms with van der Waals surface area (Å²) in [6.07, 6.45) is -0.831. The minimum absolute atomic E-state index is 0.0303. The average molecular weight is 521 g/mol. The molecule has 2 aliphatic rings. The standard InChI is InChI=1S/C26H28N6O6/c1-26(2)37-23-22(33)20(36-25(23)38-26)14-31-12-16(28-30-31)13-32-19-7-5-4-6-18(19)21(24(32)34)29-27-15-8-10-17(35-3)11-9-15/h4-12,20,22-23,25,33-34H,13-14H2,1-3H3/t20-,22+,23-,25-/m1/s1. The molecule has 2 N–H and O–H groups in total. The summed E-state index contributed by atoms with van der Waals surface area (Å²) in [7, 11) is 1.60. The third kappa shape index (κ3) is 4.52. The van der Waals surface area contributed by atoms with Gasteiger partial charge in [0.25, 0.3) is 0 Å². The minimum atomic E-state index is -0.856. The summed E-state index contributed by atoms with van der Waals surface area (Å²) in [5.74, 6) is -0.104. The first-order chi connectivity index (χ1) is 18.3. The lowest BCUT2D eigenvalue weighted by atomic mass is 10.1. The first kappa shape index (κ1) is 24.5. The maximum Gasteiger partial charge on any atom is 0.221 e.